The highest BCUT2D eigenvalue weighted by Crippen LogP contribution is 2.26. The average Bonchev–Trinajstić information content (AvgIpc) is 2.75. The van der Waals surface area contributed by atoms with E-state index in [1.807, 2.05) is 24.3 Å². The predicted octanol–water partition coefficient (Wildman–Crippen LogP) is 4.06. The Morgan fingerprint density at radius 3 is 2.50 bits per heavy atom. The fraction of sp³-hybridized carbons (Fsp3) is 0.458. The van der Waals surface area contributed by atoms with Crippen LogP contribution in [-0.2, 0) is 6.42 Å². The number of carbonyl (C=O) groups excluding carboxylic acids is 1. The van der Waals surface area contributed by atoms with Gasteiger partial charge in [-0.3, -0.25) is 9.69 Å². The number of rotatable bonds is 7. The van der Waals surface area contributed by atoms with Crippen molar-refractivity contribution in [1.82, 2.24) is 9.80 Å². The molecule has 1 heterocycles. The van der Waals surface area contributed by atoms with Crippen LogP contribution in [0.1, 0.15) is 43.1 Å². The number of halogens is 1. The van der Waals surface area contributed by atoms with Gasteiger partial charge in [0, 0.05) is 31.7 Å². The van der Waals surface area contributed by atoms with E-state index in [2.05, 4.69) is 25.7 Å². The minimum absolute atomic E-state index is 0.0556. The number of nitrogens with zero attached hydrogens (tertiary/aromatic N) is 2. The summed E-state index contributed by atoms with van der Waals surface area (Å²) in [5.74, 6) is 0.277. The Kier molecular flexibility index (Phi) is 7.45. The van der Waals surface area contributed by atoms with Gasteiger partial charge < -0.3 is 15.4 Å². The van der Waals surface area contributed by atoms with Gasteiger partial charge in [-0.2, -0.15) is 0 Å². The predicted molar refractivity (Wildman–Crippen MR) is 117 cm³/mol. The summed E-state index contributed by atoms with van der Waals surface area (Å²) in [6, 6.07) is 12.7. The van der Waals surface area contributed by atoms with Gasteiger partial charge in [-0.25, -0.2) is 4.39 Å². The van der Waals surface area contributed by atoms with Gasteiger partial charge in [-0.15, -0.1) is 0 Å². The maximum atomic E-state index is 14.5. The third-order valence-electron chi connectivity index (χ3n) is 5.71. The molecular formula is C24H32FN3O2. The largest absolute Gasteiger partial charge is 0.457 e. The first kappa shape index (κ1) is 22.2. The molecular weight excluding hydrogens is 381 g/mol. The maximum Gasteiger partial charge on any atom is 0.257 e. The normalized spacial score (nSPS) is 17.4. The quantitative estimate of drug-likeness (QED) is 0.744. The van der Waals surface area contributed by atoms with Gasteiger partial charge >= 0.3 is 0 Å². The third-order valence-corrected chi connectivity index (χ3v) is 5.71. The SMILES string of the molecule is CCC1CN(C(=O)c2cc(Oc3ccc(CCN)cc3)ccc2F)CCN1C(C)C. The molecule has 2 aromatic carbocycles. The van der Waals surface area contributed by atoms with Crippen LogP contribution >= 0.6 is 0 Å². The van der Waals surface area contributed by atoms with Crippen LogP contribution < -0.4 is 10.5 Å². The summed E-state index contributed by atoms with van der Waals surface area (Å²) < 4.78 is 20.4. The van der Waals surface area contributed by atoms with Crippen molar-refractivity contribution in [2.24, 2.45) is 5.73 Å². The van der Waals surface area contributed by atoms with Gasteiger partial charge in [0.25, 0.3) is 5.91 Å². The van der Waals surface area contributed by atoms with E-state index in [4.69, 9.17) is 10.5 Å². The standard InChI is InChI=1S/C24H32FN3O2/c1-4-19-16-27(13-14-28(19)17(2)3)24(29)22-15-21(9-10-23(22)25)30-20-7-5-18(6-8-20)11-12-26/h5-10,15,17,19H,4,11-14,16,26H2,1-3H3. The van der Waals surface area contributed by atoms with Gasteiger partial charge in [-0.1, -0.05) is 19.1 Å². The molecule has 1 aliphatic heterocycles. The summed E-state index contributed by atoms with van der Waals surface area (Å²) in [6.45, 7) is 9.07. The molecule has 0 saturated carbocycles. The lowest BCUT2D eigenvalue weighted by Crippen LogP contribution is -2.56. The van der Waals surface area contributed by atoms with Gasteiger partial charge in [-0.05, 0) is 69.1 Å². The van der Waals surface area contributed by atoms with E-state index in [0.717, 1.165) is 24.9 Å². The van der Waals surface area contributed by atoms with Crippen molar-refractivity contribution in [3.63, 3.8) is 0 Å². The Bertz CT molecular complexity index is 854. The second kappa shape index (κ2) is 10.0. The molecule has 1 aliphatic rings. The second-order valence-electron chi connectivity index (χ2n) is 8.07. The Balaban J connectivity index is 1.73. The Hall–Kier alpha value is -2.44. The van der Waals surface area contributed by atoms with Crippen LogP contribution in [0.5, 0.6) is 11.5 Å². The molecule has 1 saturated heterocycles. The van der Waals surface area contributed by atoms with Crippen LogP contribution in [-0.4, -0.2) is 54.0 Å². The zero-order valence-electron chi connectivity index (χ0n) is 18.1. The molecule has 2 N–H and O–H groups in total. The topological polar surface area (TPSA) is 58.8 Å². The molecule has 30 heavy (non-hydrogen) atoms. The molecule has 3 rings (SSSR count). The summed E-state index contributed by atoms with van der Waals surface area (Å²) >= 11 is 0. The second-order valence-corrected chi connectivity index (χ2v) is 8.07. The molecule has 2 aromatic rings. The van der Waals surface area contributed by atoms with Crippen LogP contribution in [0.3, 0.4) is 0 Å². The summed E-state index contributed by atoms with van der Waals surface area (Å²) in [4.78, 5) is 17.3. The average molecular weight is 414 g/mol. The lowest BCUT2D eigenvalue weighted by atomic mass is 10.1. The van der Waals surface area contributed by atoms with Crippen molar-refractivity contribution in [3.8, 4) is 11.5 Å². The molecule has 0 radical (unpaired) electrons. The Morgan fingerprint density at radius 2 is 1.87 bits per heavy atom. The number of hydrogen-bond donors (Lipinski definition) is 1. The number of nitrogens with two attached hydrogens (primary N) is 1. The first-order chi connectivity index (χ1) is 14.4. The fourth-order valence-electron chi connectivity index (χ4n) is 4.03. The first-order valence-corrected chi connectivity index (χ1v) is 10.7. The van der Waals surface area contributed by atoms with Gasteiger partial charge in [0.05, 0.1) is 5.56 Å². The van der Waals surface area contributed by atoms with Crippen molar-refractivity contribution in [3.05, 3.63) is 59.4 Å². The molecule has 162 valence electrons. The first-order valence-electron chi connectivity index (χ1n) is 10.7. The molecule has 1 fully saturated rings. The number of amides is 1. The van der Waals surface area contributed by atoms with E-state index in [1.54, 1.807) is 11.0 Å². The molecule has 5 nitrogen and oxygen atoms in total. The van der Waals surface area contributed by atoms with E-state index in [0.29, 0.717) is 37.2 Å². The van der Waals surface area contributed by atoms with E-state index in [9.17, 15) is 9.18 Å². The number of piperazine rings is 1. The van der Waals surface area contributed by atoms with Crippen LogP contribution in [0.15, 0.2) is 42.5 Å². The number of carbonyl (C=O) groups is 1. The highest BCUT2D eigenvalue weighted by atomic mass is 19.1. The minimum Gasteiger partial charge on any atom is -0.457 e. The molecule has 1 unspecified atom stereocenters. The van der Waals surface area contributed by atoms with Gasteiger partial charge in [0.1, 0.15) is 17.3 Å². The van der Waals surface area contributed by atoms with Crippen LogP contribution in [0.2, 0.25) is 0 Å². The highest BCUT2D eigenvalue weighted by Gasteiger charge is 2.31. The van der Waals surface area contributed by atoms with E-state index in [-0.39, 0.29) is 17.5 Å². The lowest BCUT2D eigenvalue weighted by Gasteiger charge is -2.43. The number of benzene rings is 2. The summed E-state index contributed by atoms with van der Waals surface area (Å²) in [6.07, 6.45) is 1.76. The lowest BCUT2D eigenvalue weighted by molar-refractivity contribution is 0.0368. The summed E-state index contributed by atoms with van der Waals surface area (Å²) in [7, 11) is 0. The molecule has 0 spiro atoms. The van der Waals surface area contributed by atoms with Crippen molar-refractivity contribution in [1.29, 1.82) is 0 Å². The Labute approximate surface area is 178 Å². The number of hydrogen-bond acceptors (Lipinski definition) is 4. The van der Waals surface area contributed by atoms with E-state index in [1.165, 1.54) is 12.1 Å². The zero-order valence-corrected chi connectivity index (χ0v) is 18.1. The highest BCUT2D eigenvalue weighted by molar-refractivity contribution is 5.95. The van der Waals surface area contributed by atoms with Gasteiger partial charge in [0.15, 0.2) is 0 Å². The van der Waals surface area contributed by atoms with Crippen molar-refractivity contribution >= 4 is 5.91 Å². The molecule has 0 aromatic heterocycles. The van der Waals surface area contributed by atoms with Gasteiger partial charge in [0.2, 0.25) is 0 Å². The van der Waals surface area contributed by atoms with Crippen LogP contribution in [0.4, 0.5) is 4.39 Å². The van der Waals surface area contributed by atoms with Crippen LogP contribution in [0.25, 0.3) is 0 Å². The zero-order chi connectivity index (χ0) is 21.7. The number of ether oxygens (including phenoxy) is 1. The Morgan fingerprint density at radius 1 is 1.17 bits per heavy atom. The third kappa shape index (κ3) is 5.18. The van der Waals surface area contributed by atoms with E-state index >= 15 is 0 Å². The smallest absolute Gasteiger partial charge is 0.257 e. The minimum atomic E-state index is -0.523. The molecule has 0 bridgehead atoms. The molecule has 1 amide bonds. The fourth-order valence-corrected chi connectivity index (χ4v) is 4.03. The monoisotopic (exact) mass is 413 g/mol. The van der Waals surface area contributed by atoms with Crippen molar-refractivity contribution in [2.75, 3.05) is 26.2 Å². The maximum absolute atomic E-state index is 14.5. The summed E-state index contributed by atoms with van der Waals surface area (Å²) in [5, 5.41) is 0. The van der Waals surface area contributed by atoms with E-state index < -0.39 is 5.82 Å². The van der Waals surface area contributed by atoms with Crippen LogP contribution in [0, 0.1) is 5.82 Å². The molecule has 0 aliphatic carbocycles. The summed E-state index contributed by atoms with van der Waals surface area (Å²) in [5.41, 5.74) is 6.76. The van der Waals surface area contributed by atoms with Crippen molar-refractivity contribution < 1.29 is 13.9 Å². The molecule has 1 atom stereocenters. The molecule has 6 heteroatoms. The van der Waals surface area contributed by atoms with Crippen molar-refractivity contribution in [2.45, 2.75) is 45.7 Å².